The Morgan fingerprint density at radius 2 is 1.62 bits per heavy atom. The van der Waals surface area contributed by atoms with E-state index in [1.54, 1.807) is 19.2 Å². The second-order valence-electron chi connectivity index (χ2n) is 5.34. The van der Waals surface area contributed by atoms with E-state index >= 15 is 0 Å². The Bertz CT molecular complexity index is 452. The van der Waals surface area contributed by atoms with Gasteiger partial charge in [0.2, 0.25) is 0 Å². The van der Waals surface area contributed by atoms with E-state index in [1.165, 1.54) is 12.1 Å². The van der Waals surface area contributed by atoms with E-state index in [1.807, 2.05) is 6.92 Å². The molecule has 0 aliphatic heterocycles. The fraction of sp³-hybridized carbons (Fsp3) is 0.611. The maximum atomic E-state index is 12.8. The van der Waals surface area contributed by atoms with Crippen molar-refractivity contribution < 1.29 is 13.9 Å². The normalized spacial score (nSPS) is 11.4. The third kappa shape index (κ3) is 10.0. The van der Waals surface area contributed by atoms with Gasteiger partial charge in [0.05, 0.1) is 6.61 Å². The van der Waals surface area contributed by atoms with Crippen LogP contribution in [0.1, 0.15) is 32.6 Å². The average molecular weight is 339 g/mol. The first-order valence-electron chi connectivity index (χ1n) is 8.67. The first-order valence-corrected chi connectivity index (χ1v) is 8.67. The molecule has 0 fully saturated rings. The number of benzene rings is 1. The monoisotopic (exact) mass is 339 g/mol. The third-order valence-electron chi connectivity index (χ3n) is 3.38. The van der Waals surface area contributed by atoms with Crippen LogP contribution in [0.3, 0.4) is 0 Å². The van der Waals surface area contributed by atoms with Crippen LogP contribution in [0.25, 0.3) is 0 Å². The number of unbranched alkanes of at least 4 members (excludes halogenated alkanes) is 2. The van der Waals surface area contributed by atoms with Crippen LogP contribution in [0.2, 0.25) is 0 Å². The number of aliphatic imine (C=N–C) groups is 1. The molecule has 0 atom stereocenters. The zero-order chi connectivity index (χ0) is 17.5. The standard InChI is InChI=1S/C18H30FN3O2/c1-3-23-14-6-4-12-21-18(20-2)22-13-5-7-15-24-17-10-8-16(19)9-11-17/h8-11H,3-7,12-15H2,1-2H3,(H2,20,21,22). The molecule has 24 heavy (non-hydrogen) atoms. The van der Waals surface area contributed by atoms with Gasteiger partial charge in [-0.15, -0.1) is 0 Å². The number of hydrogen-bond donors (Lipinski definition) is 2. The lowest BCUT2D eigenvalue weighted by molar-refractivity contribution is 0.143. The predicted molar refractivity (Wildman–Crippen MR) is 96.2 cm³/mol. The number of guanidine groups is 1. The molecule has 6 heteroatoms. The van der Waals surface area contributed by atoms with Crippen molar-refractivity contribution in [1.29, 1.82) is 0 Å². The van der Waals surface area contributed by atoms with E-state index in [-0.39, 0.29) is 5.82 Å². The lowest BCUT2D eigenvalue weighted by atomic mass is 10.3. The fourth-order valence-corrected chi connectivity index (χ4v) is 2.06. The number of ether oxygens (including phenoxy) is 2. The lowest BCUT2D eigenvalue weighted by Crippen LogP contribution is -2.38. The SMILES string of the molecule is CCOCCCCNC(=NC)NCCCCOc1ccc(F)cc1. The van der Waals surface area contributed by atoms with Gasteiger partial charge in [0.25, 0.3) is 0 Å². The molecule has 0 heterocycles. The molecule has 1 aromatic carbocycles. The summed E-state index contributed by atoms with van der Waals surface area (Å²) in [5.41, 5.74) is 0. The minimum absolute atomic E-state index is 0.247. The molecule has 1 aromatic rings. The molecule has 2 N–H and O–H groups in total. The molecule has 0 aromatic heterocycles. The van der Waals surface area contributed by atoms with Crippen molar-refractivity contribution in [3.05, 3.63) is 30.1 Å². The molecule has 0 bridgehead atoms. The van der Waals surface area contributed by atoms with Crippen LogP contribution in [-0.4, -0.2) is 45.9 Å². The van der Waals surface area contributed by atoms with Gasteiger partial charge >= 0.3 is 0 Å². The van der Waals surface area contributed by atoms with E-state index in [9.17, 15) is 4.39 Å². The summed E-state index contributed by atoms with van der Waals surface area (Å²) in [6, 6.07) is 6.09. The summed E-state index contributed by atoms with van der Waals surface area (Å²) in [6.07, 6.45) is 4.02. The molecule has 0 saturated carbocycles. The Hall–Kier alpha value is -1.82. The second-order valence-corrected chi connectivity index (χ2v) is 5.34. The quantitative estimate of drug-likeness (QED) is 0.349. The highest BCUT2D eigenvalue weighted by atomic mass is 19.1. The molecule has 5 nitrogen and oxygen atoms in total. The first kappa shape index (κ1) is 20.2. The van der Waals surface area contributed by atoms with Crippen LogP contribution in [0.5, 0.6) is 5.75 Å². The zero-order valence-corrected chi connectivity index (χ0v) is 14.8. The minimum Gasteiger partial charge on any atom is -0.494 e. The topological polar surface area (TPSA) is 54.9 Å². The summed E-state index contributed by atoms with van der Waals surface area (Å²) in [6.45, 7) is 5.96. The van der Waals surface area contributed by atoms with E-state index < -0.39 is 0 Å². The number of halogens is 1. The summed E-state index contributed by atoms with van der Waals surface area (Å²) < 4.78 is 23.6. The highest BCUT2D eigenvalue weighted by Gasteiger charge is 1.98. The first-order chi connectivity index (χ1) is 11.8. The van der Waals surface area contributed by atoms with Gasteiger partial charge in [0, 0.05) is 33.4 Å². The summed E-state index contributed by atoms with van der Waals surface area (Å²) in [4.78, 5) is 4.19. The number of rotatable bonds is 12. The van der Waals surface area contributed by atoms with Crippen molar-refractivity contribution in [2.24, 2.45) is 4.99 Å². The molecular weight excluding hydrogens is 309 g/mol. The molecule has 1 rings (SSSR count). The summed E-state index contributed by atoms with van der Waals surface area (Å²) in [7, 11) is 1.77. The average Bonchev–Trinajstić information content (AvgIpc) is 2.60. The molecule has 0 unspecified atom stereocenters. The Morgan fingerprint density at radius 3 is 2.21 bits per heavy atom. The number of hydrogen-bond acceptors (Lipinski definition) is 3. The third-order valence-corrected chi connectivity index (χ3v) is 3.38. The van der Waals surface area contributed by atoms with Crippen LogP contribution in [-0.2, 0) is 4.74 Å². The largest absolute Gasteiger partial charge is 0.494 e. The molecule has 0 amide bonds. The lowest BCUT2D eigenvalue weighted by Gasteiger charge is -2.12. The number of nitrogens with one attached hydrogen (secondary N) is 2. The maximum absolute atomic E-state index is 12.8. The van der Waals surface area contributed by atoms with Crippen LogP contribution in [0.15, 0.2) is 29.3 Å². The van der Waals surface area contributed by atoms with Gasteiger partial charge < -0.3 is 20.1 Å². The zero-order valence-electron chi connectivity index (χ0n) is 14.8. The summed E-state index contributed by atoms with van der Waals surface area (Å²) in [5, 5.41) is 6.57. The Morgan fingerprint density at radius 1 is 1.00 bits per heavy atom. The van der Waals surface area contributed by atoms with Gasteiger partial charge in [-0.2, -0.15) is 0 Å². The summed E-state index contributed by atoms with van der Waals surface area (Å²) in [5.74, 6) is 1.28. The van der Waals surface area contributed by atoms with Gasteiger partial charge in [0.1, 0.15) is 11.6 Å². The van der Waals surface area contributed by atoms with Crippen LogP contribution in [0.4, 0.5) is 4.39 Å². The Balaban J connectivity index is 1.99. The van der Waals surface area contributed by atoms with Crippen LogP contribution >= 0.6 is 0 Å². The van der Waals surface area contributed by atoms with E-state index in [4.69, 9.17) is 9.47 Å². The predicted octanol–water partition coefficient (Wildman–Crippen LogP) is 2.97. The molecule has 0 aliphatic carbocycles. The smallest absolute Gasteiger partial charge is 0.190 e. The number of nitrogens with zero attached hydrogens (tertiary/aromatic N) is 1. The van der Waals surface area contributed by atoms with Crippen molar-refractivity contribution in [2.75, 3.05) is 40.0 Å². The fourth-order valence-electron chi connectivity index (χ4n) is 2.06. The van der Waals surface area contributed by atoms with Gasteiger partial charge in [0.15, 0.2) is 5.96 Å². The Labute approximate surface area is 144 Å². The molecule has 0 spiro atoms. The molecule has 0 aliphatic rings. The minimum atomic E-state index is -0.247. The second kappa shape index (κ2) is 13.6. The molecule has 0 saturated heterocycles. The van der Waals surface area contributed by atoms with Gasteiger partial charge in [-0.1, -0.05) is 0 Å². The summed E-state index contributed by atoms with van der Waals surface area (Å²) >= 11 is 0. The van der Waals surface area contributed by atoms with Gasteiger partial charge in [-0.05, 0) is 56.9 Å². The van der Waals surface area contributed by atoms with Crippen molar-refractivity contribution >= 4 is 5.96 Å². The van der Waals surface area contributed by atoms with E-state index in [0.717, 1.165) is 57.9 Å². The van der Waals surface area contributed by atoms with Crippen molar-refractivity contribution in [2.45, 2.75) is 32.6 Å². The van der Waals surface area contributed by atoms with E-state index in [2.05, 4.69) is 15.6 Å². The molecular formula is C18H30FN3O2. The maximum Gasteiger partial charge on any atom is 0.190 e. The van der Waals surface area contributed by atoms with E-state index in [0.29, 0.717) is 12.4 Å². The molecule has 0 radical (unpaired) electrons. The highest BCUT2D eigenvalue weighted by molar-refractivity contribution is 5.79. The molecule has 136 valence electrons. The van der Waals surface area contributed by atoms with Crippen molar-refractivity contribution in [1.82, 2.24) is 10.6 Å². The highest BCUT2D eigenvalue weighted by Crippen LogP contribution is 2.11. The Kier molecular flexibility index (Phi) is 11.5. The van der Waals surface area contributed by atoms with Crippen LogP contribution in [0, 0.1) is 5.82 Å². The van der Waals surface area contributed by atoms with Crippen LogP contribution < -0.4 is 15.4 Å². The van der Waals surface area contributed by atoms with Crippen molar-refractivity contribution in [3.8, 4) is 5.75 Å². The van der Waals surface area contributed by atoms with Crippen molar-refractivity contribution in [3.63, 3.8) is 0 Å². The van der Waals surface area contributed by atoms with Gasteiger partial charge in [-0.25, -0.2) is 4.39 Å². The van der Waals surface area contributed by atoms with Gasteiger partial charge in [-0.3, -0.25) is 4.99 Å².